The van der Waals surface area contributed by atoms with E-state index in [0.717, 1.165) is 55.3 Å². The lowest BCUT2D eigenvalue weighted by Crippen LogP contribution is -2.15. The molecular weight excluding hydrogens is 611 g/mol. The number of rotatable bonds is 3. The van der Waals surface area contributed by atoms with Gasteiger partial charge in [-0.25, -0.2) is 9.97 Å². The number of aromatic nitrogens is 2. The van der Waals surface area contributed by atoms with E-state index in [1.54, 1.807) is 0 Å². The zero-order valence-electron chi connectivity index (χ0n) is 26.8. The molecule has 0 spiro atoms. The van der Waals surface area contributed by atoms with Crippen molar-refractivity contribution in [2.45, 2.75) is 0 Å². The summed E-state index contributed by atoms with van der Waals surface area (Å²) in [6, 6.07) is 57.9. The number of furan rings is 1. The zero-order valence-corrected chi connectivity index (χ0v) is 26.8. The van der Waals surface area contributed by atoms with Crippen LogP contribution in [0, 0.1) is 0 Å². The maximum Gasteiger partial charge on any atom is 0.160 e. The predicted molar refractivity (Wildman–Crippen MR) is 206 cm³/mol. The van der Waals surface area contributed by atoms with Crippen LogP contribution in [0.1, 0.15) is 0 Å². The van der Waals surface area contributed by atoms with Crippen molar-refractivity contribution in [2.24, 2.45) is 0 Å². The van der Waals surface area contributed by atoms with Gasteiger partial charge in [-0.2, -0.15) is 0 Å². The summed E-state index contributed by atoms with van der Waals surface area (Å²) in [6.45, 7) is 0. The van der Waals surface area contributed by atoms with Crippen molar-refractivity contribution in [1.82, 2.24) is 9.97 Å². The third-order valence-corrected chi connectivity index (χ3v) is 10.2. The Labute approximate surface area is 287 Å². The Morgan fingerprint density at radius 2 is 1.14 bits per heavy atom. The molecule has 232 valence electrons. The van der Waals surface area contributed by atoms with Gasteiger partial charge in [0.15, 0.2) is 5.82 Å². The Balaban J connectivity index is 1.06. The standard InChI is InChI=1S/C46H27N3O/c1-2-10-31-26-41-38(25-30(31)9-1)36-15-7-11-28-12-8-17-40(44(28)36)49(41)33-22-19-29(20-23-33)46-47-39-16-5-3-14-37(39)45(48-46)32-21-24-35-34-13-4-6-18-42(34)50-43(35)27-32/h1-27H. The zero-order chi connectivity index (χ0) is 32.8. The molecule has 10 aromatic rings. The van der Waals surface area contributed by atoms with Crippen molar-refractivity contribution >= 4 is 71.4 Å². The normalized spacial score (nSPS) is 12.4. The van der Waals surface area contributed by atoms with Gasteiger partial charge in [-0.3, -0.25) is 0 Å². The second-order valence-corrected chi connectivity index (χ2v) is 13.0. The average Bonchev–Trinajstić information content (AvgIpc) is 3.55. The number of benzene rings is 8. The highest BCUT2D eigenvalue weighted by molar-refractivity contribution is 6.15. The molecule has 4 heteroatoms. The molecule has 11 rings (SSSR count). The fourth-order valence-corrected chi connectivity index (χ4v) is 7.83. The topological polar surface area (TPSA) is 42.2 Å². The van der Waals surface area contributed by atoms with Gasteiger partial charge >= 0.3 is 0 Å². The minimum Gasteiger partial charge on any atom is -0.456 e. The lowest BCUT2D eigenvalue weighted by Gasteiger charge is -2.34. The van der Waals surface area contributed by atoms with Crippen LogP contribution in [-0.4, -0.2) is 9.97 Å². The molecule has 1 aliphatic rings. The number of hydrogen-bond donors (Lipinski definition) is 0. The molecule has 0 unspecified atom stereocenters. The number of hydrogen-bond acceptors (Lipinski definition) is 4. The third-order valence-electron chi connectivity index (χ3n) is 10.2. The van der Waals surface area contributed by atoms with Crippen molar-refractivity contribution in [3.63, 3.8) is 0 Å². The first kappa shape index (κ1) is 27.2. The van der Waals surface area contributed by atoms with E-state index in [1.165, 1.54) is 44.0 Å². The molecule has 50 heavy (non-hydrogen) atoms. The van der Waals surface area contributed by atoms with Crippen LogP contribution >= 0.6 is 0 Å². The Hall–Kier alpha value is -6.78. The van der Waals surface area contributed by atoms with E-state index < -0.39 is 0 Å². The molecule has 8 aromatic carbocycles. The minimum absolute atomic E-state index is 0.687. The molecule has 0 amide bonds. The monoisotopic (exact) mass is 637 g/mol. The van der Waals surface area contributed by atoms with E-state index in [4.69, 9.17) is 14.4 Å². The van der Waals surface area contributed by atoms with Crippen molar-refractivity contribution in [3.05, 3.63) is 164 Å². The SMILES string of the molecule is c1ccc2cc3c(cc2c1)-c1cccc2cccc(c12)N3c1ccc(-c2nc(-c3ccc4c(c3)oc3ccccc34)c3ccccc3n2)cc1. The summed E-state index contributed by atoms with van der Waals surface area (Å²) in [4.78, 5) is 12.7. The van der Waals surface area contributed by atoms with Gasteiger partial charge in [-0.15, -0.1) is 0 Å². The van der Waals surface area contributed by atoms with Crippen molar-refractivity contribution in [1.29, 1.82) is 0 Å². The van der Waals surface area contributed by atoms with Gasteiger partial charge in [0.1, 0.15) is 11.2 Å². The lowest BCUT2D eigenvalue weighted by molar-refractivity contribution is 0.669. The second-order valence-electron chi connectivity index (χ2n) is 13.0. The smallest absolute Gasteiger partial charge is 0.160 e. The van der Waals surface area contributed by atoms with E-state index in [0.29, 0.717) is 5.82 Å². The molecule has 0 N–H and O–H groups in total. The van der Waals surface area contributed by atoms with Gasteiger partial charge in [0.05, 0.1) is 22.6 Å². The molecule has 0 saturated heterocycles. The van der Waals surface area contributed by atoms with Gasteiger partial charge in [-0.05, 0) is 88.5 Å². The van der Waals surface area contributed by atoms with Gasteiger partial charge in [0.25, 0.3) is 0 Å². The van der Waals surface area contributed by atoms with Crippen LogP contribution in [0.3, 0.4) is 0 Å². The van der Waals surface area contributed by atoms with Gasteiger partial charge in [0, 0.05) is 43.9 Å². The summed E-state index contributed by atoms with van der Waals surface area (Å²) in [5.74, 6) is 0.687. The maximum atomic E-state index is 6.26. The van der Waals surface area contributed by atoms with E-state index >= 15 is 0 Å². The van der Waals surface area contributed by atoms with Crippen LogP contribution in [0.5, 0.6) is 0 Å². The van der Waals surface area contributed by atoms with Crippen molar-refractivity contribution < 1.29 is 4.42 Å². The predicted octanol–water partition coefficient (Wildman–Crippen LogP) is 12.6. The average molecular weight is 638 g/mol. The molecule has 0 atom stereocenters. The molecule has 0 radical (unpaired) electrons. The molecule has 0 aliphatic carbocycles. The minimum atomic E-state index is 0.687. The van der Waals surface area contributed by atoms with Crippen LogP contribution in [0.2, 0.25) is 0 Å². The fraction of sp³-hybridized carbons (Fsp3) is 0. The van der Waals surface area contributed by atoms with E-state index in [9.17, 15) is 0 Å². The first-order chi connectivity index (χ1) is 24.8. The lowest BCUT2D eigenvalue weighted by atomic mass is 9.89. The molecule has 2 aromatic heterocycles. The highest BCUT2D eigenvalue weighted by atomic mass is 16.3. The van der Waals surface area contributed by atoms with Crippen LogP contribution in [-0.2, 0) is 0 Å². The summed E-state index contributed by atoms with van der Waals surface area (Å²) in [5, 5.41) is 8.19. The van der Waals surface area contributed by atoms with Gasteiger partial charge in [0.2, 0.25) is 0 Å². The van der Waals surface area contributed by atoms with Gasteiger partial charge < -0.3 is 9.32 Å². The maximum absolute atomic E-state index is 6.26. The van der Waals surface area contributed by atoms with Crippen LogP contribution in [0.15, 0.2) is 168 Å². The quantitative estimate of drug-likeness (QED) is 0.193. The molecule has 1 aliphatic heterocycles. The van der Waals surface area contributed by atoms with Crippen molar-refractivity contribution in [2.75, 3.05) is 4.90 Å². The van der Waals surface area contributed by atoms with Crippen LogP contribution in [0.25, 0.3) is 88.2 Å². The van der Waals surface area contributed by atoms with Crippen LogP contribution < -0.4 is 4.90 Å². The number of nitrogens with zero attached hydrogens (tertiary/aromatic N) is 3. The van der Waals surface area contributed by atoms with Gasteiger partial charge in [-0.1, -0.05) is 97.1 Å². The fourth-order valence-electron chi connectivity index (χ4n) is 7.83. The summed E-state index contributed by atoms with van der Waals surface area (Å²) in [7, 11) is 0. The number of anilines is 3. The largest absolute Gasteiger partial charge is 0.456 e. The first-order valence-electron chi connectivity index (χ1n) is 16.9. The van der Waals surface area contributed by atoms with E-state index in [-0.39, 0.29) is 0 Å². The summed E-state index contributed by atoms with van der Waals surface area (Å²) < 4.78 is 6.26. The Morgan fingerprint density at radius 3 is 2.02 bits per heavy atom. The molecule has 0 fully saturated rings. The summed E-state index contributed by atoms with van der Waals surface area (Å²) in [5.41, 5.74) is 11.4. The van der Waals surface area contributed by atoms with Crippen LogP contribution in [0.4, 0.5) is 17.1 Å². The molecule has 3 heterocycles. The Morgan fingerprint density at radius 1 is 0.440 bits per heavy atom. The third kappa shape index (κ3) is 3.99. The molecular formula is C46H27N3O. The highest BCUT2D eigenvalue weighted by Crippen LogP contribution is 2.52. The first-order valence-corrected chi connectivity index (χ1v) is 16.9. The van der Waals surface area contributed by atoms with Crippen molar-refractivity contribution in [3.8, 4) is 33.8 Å². The Bertz CT molecular complexity index is 2990. The molecule has 0 bridgehead atoms. The highest BCUT2D eigenvalue weighted by Gasteiger charge is 2.26. The molecule has 0 saturated carbocycles. The second kappa shape index (κ2) is 10.4. The van der Waals surface area contributed by atoms with E-state index in [2.05, 4.69) is 138 Å². The summed E-state index contributed by atoms with van der Waals surface area (Å²) in [6.07, 6.45) is 0. The number of para-hydroxylation sites is 2. The number of fused-ring (bicyclic) bond motifs is 7. The Kier molecular flexibility index (Phi) is 5.63. The summed E-state index contributed by atoms with van der Waals surface area (Å²) >= 11 is 0. The van der Waals surface area contributed by atoms with E-state index in [1.807, 2.05) is 30.3 Å². The molecule has 4 nitrogen and oxygen atoms in total.